The number of hydrogen-bond donors (Lipinski definition) is 3. The summed E-state index contributed by atoms with van der Waals surface area (Å²) in [4.78, 5) is 29.6. The first kappa shape index (κ1) is 40.9. The zero-order chi connectivity index (χ0) is 41.1. The Morgan fingerprint density at radius 2 is 1.15 bits per heavy atom. The van der Waals surface area contributed by atoms with E-state index in [0.717, 1.165) is 45.2 Å². The van der Waals surface area contributed by atoms with Gasteiger partial charge in [-0.3, -0.25) is 20.5 Å². The molecule has 0 atom stereocenters. The molecule has 302 valence electrons. The summed E-state index contributed by atoms with van der Waals surface area (Å²) in [5, 5.41) is 11.6. The van der Waals surface area contributed by atoms with Crippen molar-refractivity contribution in [3.63, 3.8) is 0 Å². The van der Waals surface area contributed by atoms with Crippen LogP contribution in [0.15, 0.2) is 134 Å². The van der Waals surface area contributed by atoms with Crippen LogP contribution in [0.25, 0.3) is 22.8 Å². The molecule has 14 nitrogen and oxygen atoms in total. The summed E-state index contributed by atoms with van der Waals surface area (Å²) >= 11 is 12.1. The van der Waals surface area contributed by atoms with Crippen molar-refractivity contribution in [3.05, 3.63) is 172 Å². The number of aromatic nitrogens is 4. The van der Waals surface area contributed by atoms with E-state index in [4.69, 9.17) is 42.6 Å². The van der Waals surface area contributed by atoms with Crippen LogP contribution in [0.4, 0.5) is 5.95 Å². The molecule has 0 radical (unpaired) electrons. The summed E-state index contributed by atoms with van der Waals surface area (Å²) in [5.41, 5.74) is 14.3. The fraction of sp³-hybridized carbons (Fsp3) is 0.163. The van der Waals surface area contributed by atoms with Crippen LogP contribution < -0.4 is 20.9 Å². The summed E-state index contributed by atoms with van der Waals surface area (Å²) in [5.74, 6) is 1.22. The number of benzene rings is 4. The average molecular weight is 833 g/mol. The molecule has 0 aliphatic carbocycles. The standard InChI is InChI=1S/C22H23ClN6O.C21H20ClN5O2/c1-3-30-29-21(20(27-28(29)2)17-9-11-18(23)12-10-17)19-13-14-24-22(26-19)25-15-16-7-5-4-6-8-16;1-3-28-27-20(15-9-11-16(22)12-10-15)19(25-26(27)2)18-13-14-23-21(24-18)29-17-7-5-4-6-8-17/h4-14,27H,3,15H2,1-2H3,(H,24,25,26);4-14,25H,3H2,1-2H3. The lowest BCUT2D eigenvalue weighted by atomic mass is 10.1. The molecule has 2 aromatic heterocycles. The minimum Gasteiger partial charge on any atom is -0.424 e. The van der Waals surface area contributed by atoms with E-state index < -0.39 is 0 Å². The van der Waals surface area contributed by atoms with Gasteiger partial charge in [0.2, 0.25) is 5.95 Å². The monoisotopic (exact) mass is 831 g/mol. The van der Waals surface area contributed by atoms with Crippen LogP contribution in [0.3, 0.4) is 0 Å². The highest BCUT2D eigenvalue weighted by atomic mass is 35.5. The topological polar surface area (TPSA) is 128 Å². The predicted molar refractivity (Wildman–Crippen MR) is 230 cm³/mol. The van der Waals surface area contributed by atoms with E-state index in [0.29, 0.717) is 47.2 Å². The molecule has 0 spiro atoms. The molecule has 4 heterocycles. The third kappa shape index (κ3) is 10.1. The van der Waals surface area contributed by atoms with E-state index in [-0.39, 0.29) is 6.01 Å². The first-order chi connectivity index (χ1) is 28.8. The van der Waals surface area contributed by atoms with Gasteiger partial charge in [-0.1, -0.05) is 96.0 Å². The van der Waals surface area contributed by atoms with E-state index in [1.807, 2.05) is 137 Å². The third-order valence-electron chi connectivity index (χ3n) is 8.74. The number of halogens is 2. The average Bonchev–Trinajstić information content (AvgIpc) is 3.77. The van der Waals surface area contributed by atoms with Crippen molar-refractivity contribution in [2.45, 2.75) is 20.4 Å². The highest BCUT2D eigenvalue weighted by molar-refractivity contribution is 6.30. The first-order valence-corrected chi connectivity index (χ1v) is 19.6. The van der Waals surface area contributed by atoms with Crippen molar-refractivity contribution in [3.8, 4) is 11.8 Å². The normalized spacial score (nSPS) is 14.2. The summed E-state index contributed by atoms with van der Waals surface area (Å²) in [7, 11) is 3.75. The highest BCUT2D eigenvalue weighted by Gasteiger charge is 2.33. The van der Waals surface area contributed by atoms with Crippen molar-refractivity contribution >= 4 is 51.9 Å². The minimum atomic E-state index is 0.260. The van der Waals surface area contributed by atoms with Gasteiger partial charge in [0, 0.05) is 54.2 Å². The molecular weight excluding hydrogens is 789 g/mol. The zero-order valence-corrected chi connectivity index (χ0v) is 34.4. The van der Waals surface area contributed by atoms with Crippen molar-refractivity contribution in [1.29, 1.82) is 0 Å². The van der Waals surface area contributed by atoms with Gasteiger partial charge in [-0.05, 0) is 67.9 Å². The maximum absolute atomic E-state index is 6.07. The summed E-state index contributed by atoms with van der Waals surface area (Å²) in [6.07, 6.45) is 3.41. The molecule has 0 fully saturated rings. The molecule has 0 amide bonds. The fourth-order valence-electron chi connectivity index (χ4n) is 6.12. The number of nitrogens with one attached hydrogen (secondary N) is 3. The van der Waals surface area contributed by atoms with Crippen molar-refractivity contribution < 1.29 is 14.4 Å². The van der Waals surface area contributed by atoms with E-state index in [2.05, 4.69) is 43.3 Å². The van der Waals surface area contributed by atoms with Crippen molar-refractivity contribution in [2.24, 2.45) is 0 Å². The van der Waals surface area contributed by atoms with Crippen LogP contribution in [0.1, 0.15) is 41.9 Å². The van der Waals surface area contributed by atoms with Crippen LogP contribution in [0.2, 0.25) is 10.0 Å². The molecule has 0 saturated heterocycles. The second-order valence-corrected chi connectivity index (χ2v) is 13.7. The smallest absolute Gasteiger partial charge is 0.322 e. The number of nitrogens with zero attached hydrogens (tertiary/aromatic N) is 8. The second kappa shape index (κ2) is 19.5. The third-order valence-corrected chi connectivity index (χ3v) is 9.24. The Kier molecular flexibility index (Phi) is 13.5. The Labute approximate surface area is 353 Å². The van der Waals surface area contributed by atoms with Gasteiger partial charge in [0.15, 0.2) is 0 Å². The van der Waals surface area contributed by atoms with Gasteiger partial charge in [-0.25, -0.2) is 15.0 Å². The molecule has 0 bridgehead atoms. The van der Waals surface area contributed by atoms with Gasteiger partial charge in [0.1, 0.15) is 22.8 Å². The zero-order valence-electron chi connectivity index (χ0n) is 32.9. The molecule has 16 heteroatoms. The Hall–Kier alpha value is -6.26. The highest BCUT2D eigenvalue weighted by Crippen LogP contribution is 2.35. The second-order valence-electron chi connectivity index (χ2n) is 12.9. The van der Waals surface area contributed by atoms with E-state index in [9.17, 15) is 0 Å². The number of anilines is 1. The molecule has 4 aromatic carbocycles. The summed E-state index contributed by atoms with van der Waals surface area (Å²) < 4.78 is 5.79. The SMILES string of the molecule is CCON1C(c2ccc(Cl)cc2)=C(c2ccnc(Oc3ccccc3)n2)NN1C.CCON1C(c2ccnc(NCc3ccccc3)n2)=C(c2ccc(Cl)cc2)NN1C. The molecule has 59 heavy (non-hydrogen) atoms. The number of rotatable bonds is 13. The van der Waals surface area contributed by atoms with Gasteiger partial charge in [-0.15, -0.1) is 10.2 Å². The van der Waals surface area contributed by atoms with Crippen LogP contribution in [-0.4, -0.2) is 67.8 Å². The molecule has 0 unspecified atom stereocenters. The maximum atomic E-state index is 6.07. The Balaban J connectivity index is 0.000000179. The molecule has 0 saturated carbocycles. The Morgan fingerprint density at radius 3 is 1.80 bits per heavy atom. The molecule has 2 aliphatic heterocycles. The van der Waals surface area contributed by atoms with E-state index in [1.165, 1.54) is 0 Å². The Bertz CT molecular complexity index is 2370. The number of para-hydroxylation sites is 1. The number of hydrazine groups is 4. The van der Waals surface area contributed by atoms with Gasteiger partial charge in [0.25, 0.3) is 0 Å². The largest absolute Gasteiger partial charge is 0.424 e. The first-order valence-electron chi connectivity index (χ1n) is 18.9. The lowest BCUT2D eigenvalue weighted by Gasteiger charge is -2.26. The number of hydroxylamine groups is 2. The van der Waals surface area contributed by atoms with Gasteiger partial charge in [-0.2, -0.15) is 15.3 Å². The van der Waals surface area contributed by atoms with E-state index >= 15 is 0 Å². The number of ether oxygens (including phenoxy) is 1. The van der Waals surface area contributed by atoms with E-state index in [1.54, 1.807) is 33.0 Å². The van der Waals surface area contributed by atoms with Crippen LogP contribution in [-0.2, 0) is 16.2 Å². The van der Waals surface area contributed by atoms with Crippen molar-refractivity contribution in [2.75, 3.05) is 32.6 Å². The maximum Gasteiger partial charge on any atom is 0.322 e. The summed E-state index contributed by atoms with van der Waals surface area (Å²) in [6.45, 7) is 5.53. The lowest BCUT2D eigenvalue weighted by Crippen LogP contribution is -2.39. The molecule has 6 aromatic rings. The fourth-order valence-corrected chi connectivity index (χ4v) is 6.37. The molecule has 3 N–H and O–H groups in total. The summed E-state index contributed by atoms with van der Waals surface area (Å²) in [6, 6.07) is 38.7. The quantitative estimate of drug-likeness (QED) is 0.103. The van der Waals surface area contributed by atoms with Crippen LogP contribution in [0, 0.1) is 0 Å². The van der Waals surface area contributed by atoms with Crippen LogP contribution in [0.5, 0.6) is 11.8 Å². The Morgan fingerprint density at radius 1 is 0.593 bits per heavy atom. The molecular formula is C43H43Cl2N11O3. The lowest BCUT2D eigenvalue weighted by molar-refractivity contribution is -0.231. The molecule has 2 aliphatic rings. The molecule has 8 rings (SSSR count). The van der Waals surface area contributed by atoms with Gasteiger partial charge >= 0.3 is 6.01 Å². The number of hydrogen-bond acceptors (Lipinski definition) is 14. The van der Waals surface area contributed by atoms with Gasteiger partial charge < -0.3 is 10.1 Å². The van der Waals surface area contributed by atoms with Crippen LogP contribution >= 0.6 is 23.2 Å². The predicted octanol–water partition coefficient (Wildman–Crippen LogP) is 8.55. The van der Waals surface area contributed by atoms with Gasteiger partial charge in [0.05, 0.1) is 30.3 Å². The minimum absolute atomic E-state index is 0.260. The van der Waals surface area contributed by atoms with Crippen molar-refractivity contribution in [1.82, 2.24) is 51.4 Å².